The third kappa shape index (κ3) is 5.62. The minimum Gasteiger partial charge on any atom is -0.352 e. The highest BCUT2D eigenvalue weighted by molar-refractivity contribution is 6.30. The Morgan fingerprint density at radius 3 is 2.32 bits per heavy atom. The topological polar surface area (TPSA) is 41.1 Å². The second-order valence-corrected chi connectivity index (χ2v) is 5.17. The Morgan fingerprint density at radius 2 is 1.79 bits per heavy atom. The first-order valence-electron chi connectivity index (χ1n) is 6.85. The third-order valence-corrected chi connectivity index (χ3v) is 3.54. The van der Waals surface area contributed by atoms with Crippen molar-refractivity contribution in [1.82, 2.24) is 10.6 Å². The zero-order valence-corrected chi connectivity index (χ0v) is 12.6. The van der Waals surface area contributed by atoms with Gasteiger partial charge in [0.1, 0.15) is 0 Å². The molecule has 1 atom stereocenters. The first kappa shape index (κ1) is 16.0. The predicted octanol–water partition coefficient (Wildman–Crippen LogP) is 3.30. The van der Waals surface area contributed by atoms with E-state index in [9.17, 15) is 4.79 Å². The van der Waals surface area contributed by atoms with Gasteiger partial charge in [0.2, 0.25) is 5.91 Å². The van der Waals surface area contributed by atoms with Gasteiger partial charge in [-0.2, -0.15) is 0 Å². The van der Waals surface area contributed by atoms with Crippen LogP contribution in [0, 0.1) is 0 Å². The van der Waals surface area contributed by atoms with E-state index in [1.54, 1.807) is 0 Å². The first-order chi connectivity index (χ1) is 9.06. The molecular formula is C15H23ClN2O. The molecule has 0 radical (unpaired) electrons. The summed E-state index contributed by atoms with van der Waals surface area (Å²) in [5, 5.41) is 6.95. The van der Waals surface area contributed by atoms with Crippen LogP contribution in [-0.2, 0) is 4.79 Å². The molecule has 4 heteroatoms. The highest BCUT2D eigenvalue weighted by Crippen LogP contribution is 2.15. The summed E-state index contributed by atoms with van der Waals surface area (Å²) in [5.74, 6) is 0.0505. The average molecular weight is 283 g/mol. The van der Waals surface area contributed by atoms with Crippen LogP contribution < -0.4 is 10.6 Å². The second-order valence-electron chi connectivity index (χ2n) is 4.74. The molecule has 0 fully saturated rings. The van der Waals surface area contributed by atoms with Crippen LogP contribution in [-0.4, -0.2) is 18.5 Å². The molecule has 19 heavy (non-hydrogen) atoms. The van der Waals surface area contributed by atoms with Crippen LogP contribution in [0.5, 0.6) is 0 Å². The fraction of sp³-hybridized carbons (Fsp3) is 0.533. The third-order valence-electron chi connectivity index (χ3n) is 3.29. The Morgan fingerprint density at radius 1 is 1.21 bits per heavy atom. The highest BCUT2D eigenvalue weighted by atomic mass is 35.5. The molecule has 1 rings (SSSR count). The standard InChI is InChI=1S/C15H23ClN2O/c1-4-14(5-2)18-15(19)10-17-11(3)12-6-8-13(16)9-7-12/h6-9,11,14,17H,4-5,10H2,1-3H3,(H,18,19)/t11-/m1/s1. The first-order valence-corrected chi connectivity index (χ1v) is 7.22. The number of carbonyl (C=O) groups excluding carboxylic acids is 1. The van der Waals surface area contributed by atoms with Crippen molar-refractivity contribution in [2.45, 2.75) is 45.7 Å². The average Bonchev–Trinajstić information content (AvgIpc) is 2.43. The zero-order valence-electron chi connectivity index (χ0n) is 11.9. The van der Waals surface area contributed by atoms with E-state index in [1.165, 1.54) is 0 Å². The Bertz CT molecular complexity index is 388. The molecule has 1 aromatic rings. The number of nitrogens with one attached hydrogen (secondary N) is 2. The Balaban J connectivity index is 2.39. The van der Waals surface area contributed by atoms with Crippen LogP contribution in [0.2, 0.25) is 5.02 Å². The summed E-state index contributed by atoms with van der Waals surface area (Å²) in [6.45, 7) is 6.53. The monoisotopic (exact) mass is 282 g/mol. The number of halogens is 1. The molecule has 0 saturated carbocycles. The molecule has 1 aromatic carbocycles. The van der Waals surface area contributed by atoms with Crippen molar-refractivity contribution in [2.75, 3.05) is 6.54 Å². The number of benzene rings is 1. The van der Waals surface area contributed by atoms with Crippen LogP contribution in [0.4, 0.5) is 0 Å². The largest absolute Gasteiger partial charge is 0.352 e. The van der Waals surface area contributed by atoms with E-state index in [-0.39, 0.29) is 18.0 Å². The molecule has 0 saturated heterocycles. The molecule has 1 amide bonds. The lowest BCUT2D eigenvalue weighted by atomic mass is 10.1. The predicted molar refractivity (Wildman–Crippen MR) is 80.4 cm³/mol. The smallest absolute Gasteiger partial charge is 0.234 e. The van der Waals surface area contributed by atoms with Gasteiger partial charge in [0.25, 0.3) is 0 Å². The SMILES string of the molecule is CCC(CC)NC(=O)CN[C@H](C)c1ccc(Cl)cc1. The molecule has 0 aliphatic heterocycles. The number of rotatable bonds is 7. The molecule has 0 aromatic heterocycles. The van der Waals surface area contributed by atoms with E-state index in [2.05, 4.69) is 24.5 Å². The zero-order chi connectivity index (χ0) is 14.3. The van der Waals surface area contributed by atoms with Gasteiger partial charge in [-0.25, -0.2) is 0 Å². The highest BCUT2D eigenvalue weighted by Gasteiger charge is 2.10. The minimum absolute atomic E-state index is 0.0505. The maximum Gasteiger partial charge on any atom is 0.234 e. The number of amides is 1. The molecule has 0 aliphatic rings. The van der Waals surface area contributed by atoms with E-state index in [0.29, 0.717) is 6.54 Å². The Kier molecular flexibility index (Phi) is 6.89. The van der Waals surface area contributed by atoms with Crippen LogP contribution in [0.1, 0.15) is 45.2 Å². The van der Waals surface area contributed by atoms with E-state index in [1.807, 2.05) is 31.2 Å². The summed E-state index contributed by atoms with van der Waals surface area (Å²) in [6.07, 6.45) is 1.93. The van der Waals surface area contributed by atoms with Gasteiger partial charge in [-0.05, 0) is 37.5 Å². The summed E-state index contributed by atoms with van der Waals surface area (Å²) in [4.78, 5) is 11.8. The van der Waals surface area contributed by atoms with Crippen LogP contribution in [0.25, 0.3) is 0 Å². The van der Waals surface area contributed by atoms with E-state index < -0.39 is 0 Å². The lowest BCUT2D eigenvalue weighted by Crippen LogP contribution is -2.40. The van der Waals surface area contributed by atoms with E-state index in [4.69, 9.17) is 11.6 Å². The molecule has 2 N–H and O–H groups in total. The van der Waals surface area contributed by atoms with Crippen molar-refractivity contribution in [3.05, 3.63) is 34.9 Å². The summed E-state index contributed by atoms with van der Waals surface area (Å²) >= 11 is 5.85. The van der Waals surface area contributed by atoms with Gasteiger partial charge in [0.15, 0.2) is 0 Å². The van der Waals surface area contributed by atoms with E-state index >= 15 is 0 Å². The number of carbonyl (C=O) groups is 1. The van der Waals surface area contributed by atoms with Crippen LogP contribution in [0.3, 0.4) is 0 Å². The fourth-order valence-electron chi connectivity index (χ4n) is 1.89. The second kappa shape index (κ2) is 8.18. The molecule has 0 bridgehead atoms. The summed E-state index contributed by atoms with van der Waals surface area (Å²) < 4.78 is 0. The van der Waals surface area contributed by atoms with Gasteiger partial charge in [0, 0.05) is 17.1 Å². The van der Waals surface area contributed by atoms with Crippen molar-refractivity contribution < 1.29 is 4.79 Å². The summed E-state index contributed by atoms with van der Waals surface area (Å²) in [5.41, 5.74) is 1.12. The quantitative estimate of drug-likeness (QED) is 0.806. The van der Waals surface area contributed by atoms with Crippen molar-refractivity contribution in [1.29, 1.82) is 0 Å². The Labute approximate surface area is 120 Å². The van der Waals surface area contributed by atoms with Crippen molar-refractivity contribution in [3.8, 4) is 0 Å². The number of hydrogen-bond donors (Lipinski definition) is 2. The van der Waals surface area contributed by atoms with Gasteiger partial charge >= 0.3 is 0 Å². The Hall–Kier alpha value is -1.06. The molecule has 0 spiro atoms. The summed E-state index contributed by atoms with van der Waals surface area (Å²) in [7, 11) is 0. The summed E-state index contributed by atoms with van der Waals surface area (Å²) in [6, 6.07) is 8.07. The molecule has 106 valence electrons. The normalized spacial score (nSPS) is 12.5. The maximum absolute atomic E-state index is 11.8. The van der Waals surface area contributed by atoms with E-state index in [0.717, 1.165) is 23.4 Å². The maximum atomic E-state index is 11.8. The van der Waals surface area contributed by atoms with Gasteiger partial charge < -0.3 is 10.6 Å². The fourth-order valence-corrected chi connectivity index (χ4v) is 2.01. The van der Waals surface area contributed by atoms with Gasteiger partial charge in [0.05, 0.1) is 6.54 Å². The van der Waals surface area contributed by atoms with Crippen LogP contribution >= 0.6 is 11.6 Å². The lowest BCUT2D eigenvalue weighted by molar-refractivity contribution is -0.121. The molecule has 3 nitrogen and oxygen atoms in total. The van der Waals surface area contributed by atoms with Crippen molar-refractivity contribution in [2.24, 2.45) is 0 Å². The molecule has 0 unspecified atom stereocenters. The lowest BCUT2D eigenvalue weighted by Gasteiger charge is -2.17. The number of hydrogen-bond acceptors (Lipinski definition) is 2. The molecular weight excluding hydrogens is 260 g/mol. The minimum atomic E-state index is 0.0505. The molecule has 0 aliphatic carbocycles. The van der Waals surface area contributed by atoms with Gasteiger partial charge in [-0.15, -0.1) is 0 Å². The van der Waals surface area contributed by atoms with Crippen molar-refractivity contribution in [3.63, 3.8) is 0 Å². The molecule has 0 heterocycles. The van der Waals surface area contributed by atoms with Crippen molar-refractivity contribution >= 4 is 17.5 Å². The van der Waals surface area contributed by atoms with Crippen LogP contribution in [0.15, 0.2) is 24.3 Å². The van der Waals surface area contributed by atoms with Gasteiger partial charge in [-0.3, -0.25) is 4.79 Å². The van der Waals surface area contributed by atoms with Gasteiger partial charge in [-0.1, -0.05) is 37.6 Å².